The zero-order valence-corrected chi connectivity index (χ0v) is 11.4. The molecule has 17 heavy (non-hydrogen) atoms. The Labute approximate surface area is 106 Å². The van der Waals surface area contributed by atoms with Crippen LogP contribution in [0.5, 0.6) is 0 Å². The van der Waals surface area contributed by atoms with Gasteiger partial charge in [0, 0.05) is 0 Å². The van der Waals surface area contributed by atoms with Gasteiger partial charge >= 0.3 is 0 Å². The Hall–Kier alpha value is -1.08. The van der Waals surface area contributed by atoms with Crippen LogP contribution in [0.15, 0.2) is 24.8 Å². The molecule has 1 heteroatoms. The maximum atomic E-state index is 5.53. The van der Waals surface area contributed by atoms with E-state index in [-0.39, 0.29) is 5.41 Å². The topological polar surface area (TPSA) is 26.0 Å². The highest BCUT2D eigenvalue weighted by Crippen LogP contribution is 2.25. The lowest BCUT2D eigenvalue weighted by Crippen LogP contribution is -2.12. The summed E-state index contributed by atoms with van der Waals surface area (Å²) in [6.45, 7) is 11.4. The van der Waals surface area contributed by atoms with Crippen molar-refractivity contribution in [3.63, 3.8) is 0 Å². The molecule has 0 aliphatic carbocycles. The standard InChI is InChI=1S/C16H25N/c1-5-13-10-14(8-6-7-9-17)12-15(11-13)16(2,3)4/h5,10-12H,1,6-9,17H2,2-4H3. The molecule has 94 valence electrons. The summed E-state index contributed by atoms with van der Waals surface area (Å²) in [6, 6.07) is 6.79. The second-order valence-corrected chi connectivity index (χ2v) is 5.66. The zero-order chi connectivity index (χ0) is 12.9. The van der Waals surface area contributed by atoms with Crippen LogP contribution >= 0.6 is 0 Å². The van der Waals surface area contributed by atoms with E-state index in [0.29, 0.717) is 0 Å². The lowest BCUT2D eigenvalue weighted by molar-refractivity contribution is 0.588. The molecule has 0 saturated carbocycles. The van der Waals surface area contributed by atoms with E-state index < -0.39 is 0 Å². The molecular weight excluding hydrogens is 206 g/mol. The van der Waals surface area contributed by atoms with E-state index in [0.717, 1.165) is 19.4 Å². The Kier molecular flexibility index (Phi) is 4.95. The number of benzene rings is 1. The molecule has 1 rings (SSSR count). The fourth-order valence-corrected chi connectivity index (χ4v) is 1.89. The van der Waals surface area contributed by atoms with Gasteiger partial charge in [0.15, 0.2) is 0 Å². The Morgan fingerprint density at radius 1 is 1.18 bits per heavy atom. The summed E-state index contributed by atoms with van der Waals surface area (Å²) in [5.41, 5.74) is 9.74. The van der Waals surface area contributed by atoms with Crippen LogP contribution in [-0.2, 0) is 11.8 Å². The van der Waals surface area contributed by atoms with Gasteiger partial charge in [-0.3, -0.25) is 0 Å². The third-order valence-corrected chi connectivity index (χ3v) is 3.04. The molecule has 0 amide bonds. The average Bonchev–Trinajstić information content (AvgIpc) is 2.28. The highest BCUT2D eigenvalue weighted by molar-refractivity contribution is 5.51. The van der Waals surface area contributed by atoms with Crippen molar-refractivity contribution in [2.45, 2.75) is 45.4 Å². The normalized spacial score (nSPS) is 11.5. The molecule has 0 aromatic heterocycles. The van der Waals surface area contributed by atoms with E-state index in [4.69, 9.17) is 5.73 Å². The molecule has 1 aromatic rings. The molecule has 0 heterocycles. The van der Waals surface area contributed by atoms with E-state index in [1.54, 1.807) is 0 Å². The Morgan fingerprint density at radius 3 is 2.41 bits per heavy atom. The summed E-state index contributed by atoms with van der Waals surface area (Å²) in [4.78, 5) is 0. The first kappa shape index (κ1) is 14.0. The fourth-order valence-electron chi connectivity index (χ4n) is 1.89. The maximum Gasteiger partial charge on any atom is -0.00772 e. The van der Waals surface area contributed by atoms with Gasteiger partial charge in [0.1, 0.15) is 0 Å². The molecule has 0 saturated heterocycles. The van der Waals surface area contributed by atoms with Gasteiger partial charge < -0.3 is 5.73 Å². The summed E-state index contributed by atoms with van der Waals surface area (Å²) >= 11 is 0. The van der Waals surface area contributed by atoms with E-state index in [1.807, 2.05) is 6.08 Å². The van der Waals surface area contributed by atoms with Gasteiger partial charge in [-0.25, -0.2) is 0 Å². The minimum Gasteiger partial charge on any atom is -0.330 e. The zero-order valence-electron chi connectivity index (χ0n) is 11.4. The van der Waals surface area contributed by atoms with Crippen molar-refractivity contribution in [1.29, 1.82) is 0 Å². The Bertz CT molecular complexity index is 372. The van der Waals surface area contributed by atoms with Gasteiger partial charge in [0.2, 0.25) is 0 Å². The SMILES string of the molecule is C=Cc1cc(CCCCN)cc(C(C)(C)C)c1. The van der Waals surface area contributed by atoms with Gasteiger partial charge in [-0.15, -0.1) is 0 Å². The minimum atomic E-state index is 0.196. The van der Waals surface area contributed by atoms with Gasteiger partial charge in [0.25, 0.3) is 0 Å². The molecule has 0 aliphatic heterocycles. The Balaban J connectivity index is 2.93. The second kappa shape index (κ2) is 6.02. The van der Waals surface area contributed by atoms with Crippen LogP contribution in [0.4, 0.5) is 0 Å². The third kappa shape index (κ3) is 4.35. The number of aryl methyl sites for hydroxylation is 1. The summed E-state index contributed by atoms with van der Waals surface area (Å²) in [5, 5.41) is 0. The lowest BCUT2D eigenvalue weighted by atomic mass is 9.84. The second-order valence-electron chi connectivity index (χ2n) is 5.66. The van der Waals surface area contributed by atoms with Crippen molar-refractivity contribution >= 4 is 6.08 Å². The molecule has 0 spiro atoms. The number of nitrogens with two attached hydrogens (primary N) is 1. The third-order valence-electron chi connectivity index (χ3n) is 3.04. The first-order valence-corrected chi connectivity index (χ1v) is 6.44. The van der Waals surface area contributed by atoms with Crippen molar-refractivity contribution in [3.05, 3.63) is 41.5 Å². The summed E-state index contributed by atoms with van der Waals surface area (Å²) < 4.78 is 0. The first-order chi connectivity index (χ1) is 7.97. The molecule has 0 fully saturated rings. The predicted molar refractivity (Wildman–Crippen MR) is 77.2 cm³/mol. The highest BCUT2D eigenvalue weighted by atomic mass is 14.5. The number of rotatable bonds is 5. The van der Waals surface area contributed by atoms with Gasteiger partial charge in [-0.05, 0) is 47.9 Å². The largest absolute Gasteiger partial charge is 0.330 e. The summed E-state index contributed by atoms with van der Waals surface area (Å²) in [6.07, 6.45) is 5.31. The maximum absolute atomic E-state index is 5.53. The van der Waals surface area contributed by atoms with Crippen LogP contribution in [0.25, 0.3) is 6.08 Å². The van der Waals surface area contributed by atoms with Gasteiger partial charge in [-0.2, -0.15) is 0 Å². The summed E-state index contributed by atoms with van der Waals surface area (Å²) in [7, 11) is 0. The van der Waals surface area contributed by atoms with Gasteiger partial charge in [0.05, 0.1) is 0 Å². The van der Waals surface area contributed by atoms with Crippen molar-refractivity contribution in [3.8, 4) is 0 Å². The van der Waals surface area contributed by atoms with Crippen LogP contribution in [0.1, 0.15) is 50.3 Å². The van der Waals surface area contributed by atoms with Crippen LogP contribution in [-0.4, -0.2) is 6.54 Å². The molecule has 1 aromatic carbocycles. The van der Waals surface area contributed by atoms with E-state index in [2.05, 4.69) is 45.5 Å². The molecule has 0 atom stereocenters. The van der Waals surface area contributed by atoms with E-state index in [9.17, 15) is 0 Å². The molecule has 1 nitrogen and oxygen atoms in total. The molecule has 2 N–H and O–H groups in total. The Morgan fingerprint density at radius 2 is 1.88 bits per heavy atom. The average molecular weight is 231 g/mol. The number of unbranched alkanes of at least 4 members (excludes halogenated alkanes) is 1. The molecule has 0 aliphatic rings. The molecule has 0 unspecified atom stereocenters. The monoisotopic (exact) mass is 231 g/mol. The van der Waals surface area contributed by atoms with Crippen LogP contribution in [0.3, 0.4) is 0 Å². The quantitative estimate of drug-likeness (QED) is 0.764. The predicted octanol–water partition coefficient (Wildman–Crippen LogP) is 3.91. The number of hydrogen-bond acceptors (Lipinski definition) is 1. The smallest absolute Gasteiger partial charge is 0.00772 e. The first-order valence-electron chi connectivity index (χ1n) is 6.44. The highest BCUT2D eigenvalue weighted by Gasteiger charge is 2.14. The van der Waals surface area contributed by atoms with Crippen molar-refractivity contribution in [1.82, 2.24) is 0 Å². The van der Waals surface area contributed by atoms with E-state index >= 15 is 0 Å². The minimum absolute atomic E-state index is 0.196. The van der Waals surface area contributed by atoms with Crippen molar-refractivity contribution < 1.29 is 0 Å². The summed E-state index contributed by atoms with van der Waals surface area (Å²) in [5.74, 6) is 0. The van der Waals surface area contributed by atoms with Crippen molar-refractivity contribution in [2.24, 2.45) is 5.73 Å². The number of hydrogen-bond donors (Lipinski definition) is 1. The van der Waals surface area contributed by atoms with Crippen molar-refractivity contribution in [2.75, 3.05) is 6.54 Å². The lowest BCUT2D eigenvalue weighted by Gasteiger charge is -2.21. The molecule has 0 bridgehead atoms. The fraction of sp³-hybridized carbons (Fsp3) is 0.500. The van der Waals surface area contributed by atoms with Crippen LogP contribution < -0.4 is 5.73 Å². The van der Waals surface area contributed by atoms with E-state index in [1.165, 1.54) is 23.1 Å². The van der Waals surface area contributed by atoms with Crippen LogP contribution in [0.2, 0.25) is 0 Å². The molecular formula is C16H25N. The van der Waals surface area contributed by atoms with Crippen LogP contribution in [0, 0.1) is 0 Å². The van der Waals surface area contributed by atoms with Gasteiger partial charge in [-0.1, -0.05) is 51.6 Å². The molecule has 0 radical (unpaired) electrons.